The van der Waals surface area contributed by atoms with E-state index >= 15 is 0 Å². The zero-order chi connectivity index (χ0) is 8.81. The van der Waals surface area contributed by atoms with Crippen molar-refractivity contribution in [3.63, 3.8) is 0 Å². The molecule has 0 bridgehead atoms. The highest BCUT2D eigenvalue weighted by Gasteiger charge is 2.06. The maximum Gasteiger partial charge on any atom is 0.137 e. The Balaban J connectivity index is 2.34. The standard InChI is InChI=1S/C10H14O2/c1-2-4-10(11)7-9-5-3-6-12-8-9/h3,5-6H,2,4,7-8H2,1H3. The van der Waals surface area contributed by atoms with Crippen LogP contribution < -0.4 is 0 Å². The number of Topliss-reactive ketones (excluding diaryl/α,β-unsaturated/α-hetero) is 1. The minimum absolute atomic E-state index is 0.308. The molecule has 1 aliphatic rings. The van der Waals surface area contributed by atoms with Crippen molar-refractivity contribution in [1.29, 1.82) is 0 Å². The van der Waals surface area contributed by atoms with Gasteiger partial charge in [-0.25, -0.2) is 0 Å². The number of allylic oxidation sites excluding steroid dienone is 2. The fourth-order valence-corrected chi connectivity index (χ4v) is 1.16. The second-order valence-corrected chi connectivity index (χ2v) is 2.93. The van der Waals surface area contributed by atoms with Crippen molar-refractivity contribution >= 4 is 5.78 Å². The van der Waals surface area contributed by atoms with Crippen molar-refractivity contribution in [2.45, 2.75) is 26.2 Å². The molecule has 0 atom stereocenters. The molecular formula is C10H14O2. The Labute approximate surface area is 72.9 Å². The van der Waals surface area contributed by atoms with Gasteiger partial charge in [-0.15, -0.1) is 0 Å². The van der Waals surface area contributed by atoms with E-state index in [2.05, 4.69) is 0 Å². The molecule has 0 aromatic heterocycles. The number of ketones is 1. The average molecular weight is 166 g/mol. The highest BCUT2D eigenvalue weighted by atomic mass is 16.5. The number of carbonyl (C=O) groups excluding carboxylic acids is 1. The van der Waals surface area contributed by atoms with Gasteiger partial charge >= 0.3 is 0 Å². The topological polar surface area (TPSA) is 26.3 Å². The van der Waals surface area contributed by atoms with Crippen LogP contribution in [0.15, 0.2) is 24.0 Å². The number of hydrogen-bond donors (Lipinski definition) is 0. The summed E-state index contributed by atoms with van der Waals surface area (Å²) in [6.45, 7) is 2.59. The highest BCUT2D eigenvalue weighted by Crippen LogP contribution is 2.09. The molecule has 0 saturated carbocycles. The molecule has 0 unspecified atom stereocenters. The van der Waals surface area contributed by atoms with Crippen LogP contribution >= 0.6 is 0 Å². The Morgan fingerprint density at radius 2 is 2.50 bits per heavy atom. The third-order valence-electron chi connectivity index (χ3n) is 1.73. The molecule has 12 heavy (non-hydrogen) atoms. The smallest absolute Gasteiger partial charge is 0.137 e. The van der Waals surface area contributed by atoms with Crippen molar-refractivity contribution in [2.24, 2.45) is 0 Å². The fourth-order valence-electron chi connectivity index (χ4n) is 1.16. The molecule has 66 valence electrons. The number of hydrogen-bond acceptors (Lipinski definition) is 2. The van der Waals surface area contributed by atoms with Crippen molar-refractivity contribution in [3.8, 4) is 0 Å². The van der Waals surface area contributed by atoms with E-state index in [4.69, 9.17) is 4.74 Å². The van der Waals surface area contributed by atoms with Crippen LogP contribution in [0, 0.1) is 0 Å². The largest absolute Gasteiger partial charge is 0.497 e. The highest BCUT2D eigenvalue weighted by molar-refractivity contribution is 5.80. The van der Waals surface area contributed by atoms with E-state index in [0.717, 1.165) is 12.0 Å². The third-order valence-corrected chi connectivity index (χ3v) is 1.73. The van der Waals surface area contributed by atoms with Gasteiger partial charge in [-0.3, -0.25) is 4.79 Å². The molecule has 0 spiro atoms. The number of carbonyl (C=O) groups is 1. The summed E-state index contributed by atoms with van der Waals surface area (Å²) in [4.78, 5) is 11.2. The van der Waals surface area contributed by atoms with Crippen molar-refractivity contribution in [2.75, 3.05) is 6.61 Å². The summed E-state index contributed by atoms with van der Waals surface area (Å²) in [5, 5.41) is 0. The Hall–Kier alpha value is -1.05. The second kappa shape index (κ2) is 4.75. The summed E-state index contributed by atoms with van der Waals surface area (Å²) in [5.74, 6) is 0.308. The first-order valence-corrected chi connectivity index (χ1v) is 4.31. The van der Waals surface area contributed by atoms with E-state index in [1.54, 1.807) is 6.26 Å². The SMILES string of the molecule is CCCC(=O)CC1=CC=COC1. The van der Waals surface area contributed by atoms with E-state index in [-0.39, 0.29) is 0 Å². The molecular weight excluding hydrogens is 152 g/mol. The van der Waals surface area contributed by atoms with Crippen LogP contribution in [0.4, 0.5) is 0 Å². The summed E-state index contributed by atoms with van der Waals surface area (Å²) in [5.41, 5.74) is 1.08. The molecule has 0 saturated heterocycles. The minimum atomic E-state index is 0.308. The normalized spacial score (nSPS) is 15.2. The van der Waals surface area contributed by atoms with Crippen LogP contribution in [-0.2, 0) is 9.53 Å². The predicted molar refractivity (Wildman–Crippen MR) is 47.7 cm³/mol. The average Bonchev–Trinajstić information content (AvgIpc) is 2.06. The van der Waals surface area contributed by atoms with Gasteiger partial charge in [0.1, 0.15) is 12.4 Å². The third kappa shape index (κ3) is 2.91. The van der Waals surface area contributed by atoms with Gasteiger partial charge < -0.3 is 4.74 Å². The van der Waals surface area contributed by atoms with Gasteiger partial charge in [0.25, 0.3) is 0 Å². The van der Waals surface area contributed by atoms with Crippen molar-refractivity contribution < 1.29 is 9.53 Å². The van der Waals surface area contributed by atoms with Crippen LogP contribution in [0.3, 0.4) is 0 Å². The lowest BCUT2D eigenvalue weighted by molar-refractivity contribution is -0.118. The quantitative estimate of drug-likeness (QED) is 0.640. The van der Waals surface area contributed by atoms with E-state index in [1.165, 1.54) is 0 Å². The van der Waals surface area contributed by atoms with Crippen LogP contribution in [0.5, 0.6) is 0 Å². The fraction of sp³-hybridized carbons (Fsp3) is 0.500. The Morgan fingerprint density at radius 1 is 1.67 bits per heavy atom. The molecule has 2 heteroatoms. The molecule has 0 aromatic carbocycles. The molecule has 2 nitrogen and oxygen atoms in total. The van der Waals surface area contributed by atoms with Crippen molar-refractivity contribution in [3.05, 3.63) is 24.0 Å². The van der Waals surface area contributed by atoms with Gasteiger partial charge in [-0.2, -0.15) is 0 Å². The minimum Gasteiger partial charge on any atom is -0.497 e. The Morgan fingerprint density at radius 3 is 3.08 bits per heavy atom. The van der Waals surface area contributed by atoms with Crippen LogP contribution in [0.1, 0.15) is 26.2 Å². The lowest BCUT2D eigenvalue weighted by atomic mass is 10.1. The molecule has 1 heterocycles. The first kappa shape index (κ1) is 9.04. The van der Waals surface area contributed by atoms with Crippen LogP contribution in [0.2, 0.25) is 0 Å². The van der Waals surface area contributed by atoms with Crippen LogP contribution in [0.25, 0.3) is 0 Å². The molecule has 0 fully saturated rings. The predicted octanol–water partition coefficient (Wildman–Crippen LogP) is 2.22. The lowest BCUT2D eigenvalue weighted by Crippen LogP contribution is -2.04. The zero-order valence-electron chi connectivity index (χ0n) is 7.38. The maximum atomic E-state index is 11.2. The second-order valence-electron chi connectivity index (χ2n) is 2.93. The zero-order valence-corrected chi connectivity index (χ0v) is 7.38. The molecule has 0 aliphatic carbocycles. The Bertz CT molecular complexity index is 214. The van der Waals surface area contributed by atoms with Crippen molar-refractivity contribution in [1.82, 2.24) is 0 Å². The monoisotopic (exact) mass is 166 g/mol. The van der Waals surface area contributed by atoms with E-state index in [9.17, 15) is 4.79 Å². The van der Waals surface area contributed by atoms with Crippen LogP contribution in [-0.4, -0.2) is 12.4 Å². The van der Waals surface area contributed by atoms with Gasteiger partial charge in [0.15, 0.2) is 0 Å². The van der Waals surface area contributed by atoms with E-state index in [1.807, 2.05) is 19.1 Å². The number of ether oxygens (including phenoxy) is 1. The summed E-state index contributed by atoms with van der Waals surface area (Å²) in [7, 11) is 0. The first-order valence-electron chi connectivity index (χ1n) is 4.31. The Kier molecular flexibility index (Phi) is 3.58. The summed E-state index contributed by atoms with van der Waals surface area (Å²) in [6, 6.07) is 0. The lowest BCUT2D eigenvalue weighted by Gasteiger charge is -2.08. The van der Waals surface area contributed by atoms with E-state index in [0.29, 0.717) is 25.2 Å². The molecule has 1 aliphatic heterocycles. The summed E-state index contributed by atoms with van der Waals surface area (Å²) < 4.78 is 5.06. The number of rotatable bonds is 4. The van der Waals surface area contributed by atoms with E-state index < -0.39 is 0 Å². The van der Waals surface area contributed by atoms with Gasteiger partial charge in [0, 0.05) is 12.8 Å². The summed E-state index contributed by atoms with van der Waals surface area (Å²) >= 11 is 0. The maximum absolute atomic E-state index is 11.2. The molecule has 0 N–H and O–H groups in total. The summed E-state index contributed by atoms with van der Waals surface area (Å²) in [6.07, 6.45) is 7.60. The molecule has 0 aromatic rings. The van der Waals surface area contributed by atoms with Gasteiger partial charge in [-0.05, 0) is 18.1 Å². The first-order chi connectivity index (χ1) is 5.83. The van der Waals surface area contributed by atoms with Gasteiger partial charge in [-0.1, -0.05) is 13.0 Å². The molecule has 0 radical (unpaired) electrons. The van der Waals surface area contributed by atoms with Gasteiger partial charge in [0.2, 0.25) is 0 Å². The molecule has 1 rings (SSSR count). The molecule has 0 amide bonds. The van der Waals surface area contributed by atoms with Gasteiger partial charge in [0.05, 0.1) is 6.26 Å².